The highest BCUT2D eigenvalue weighted by Crippen LogP contribution is 2.13. The fourth-order valence-electron chi connectivity index (χ4n) is 1.44. The summed E-state index contributed by atoms with van der Waals surface area (Å²) < 4.78 is 0. The van der Waals surface area contributed by atoms with Crippen LogP contribution in [-0.4, -0.2) is 35.4 Å². The Bertz CT molecular complexity index is 398. The van der Waals surface area contributed by atoms with Crippen LogP contribution in [-0.2, 0) is 11.3 Å². The Kier molecular flexibility index (Phi) is 6.54. The van der Waals surface area contributed by atoms with Crippen LogP contribution < -0.4 is 5.73 Å². The zero-order chi connectivity index (χ0) is 13.5. The summed E-state index contributed by atoms with van der Waals surface area (Å²) in [5.41, 5.74) is 6.67. The van der Waals surface area contributed by atoms with Crippen molar-refractivity contribution in [1.29, 1.82) is 0 Å². The molecule has 0 saturated carbocycles. The highest BCUT2D eigenvalue weighted by molar-refractivity contribution is 7.99. The van der Waals surface area contributed by atoms with Crippen molar-refractivity contribution in [3.63, 3.8) is 0 Å². The molecule has 0 fully saturated rings. The second-order valence-corrected chi connectivity index (χ2v) is 5.84. The number of nitrogens with zero attached hydrogens (tertiary/aromatic N) is 1. The monoisotopic (exact) mass is 286 g/mol. The number of thioether (sulfide) groups is 1. The van der Waals surface area contributed by atoms with Gasteiger partial charge in [0.15, 0.2) is 0 Å². The van der Waals surface area contributed by atoms with Crippen LogP contribution in [0.25, 0.3) is 0 Å². The second kappa shape index (κ2) is 7.67. The fraction of sp³-hybridized carbons (Fsp3) is 0.462. The fourth-order valence-corrected chi connectivity index (χ4v) is 2.54. The van der Waals surface area contributed by atoms with Gasteiger partial charge in [-0.05, 0) is 24.6 Å². The lowest BCUT2D eigenvalue weighted by atomic mass is 10.2. The normalized spacial score (nSPS) is 12.2. The quantitative estimate of drug-likeness (QED) is 0.873. The lowest BCUT2D eigenvalue weighted by Gasteiger charge is -2.17. The molecule has 2 N–H and O–H groups in total. The van der Waals surface area contributed by atoms with Crippen molar-refractivity contribution in [1.82, 2.24) is 4.90 Å². The lowest BCUT2D eigenvalue weighted by Crippen LogP contribution is -2.28. The topological polar surface area (TPSA) is 46.3 Å². The van der Waals surface area contributed by atoms with Gasteiger partial charge in [0.2, 0.25) is 5.91 Å². The van der Waals surface area contributed by atoms with Crippen LogP contribution in [0.2, 0.25) is 5.02 Å². The van der Waals surface area contributed by atoms with E-state index in [-0.39, 0.29) is 11.9 Å². The minimum atomic E-state index is 0.112. The first-order valence-electron chi connectivity index (χ1n) is 5.80. The third-order valence-electron chi connectivity index (χ3n) is 2.34. The number of nitrogens with two attached hydrogens (primary N) is 1. The Morgan fingerprint density at radius 1 is 1.56 bits per heavy atom. The number of rotatable bonds is 6. The van der Waals surface area contributed by atoms with Gasteiger partial charge in [-0.3, -0.25) is 4.79 Å². The Balaban J connectivity index is 2.40. The standard InChI is InChI=1S/C13H19ClN2OS/c1-10(15)8-18-9-13(17)16(2)7-11-4-3-5-12(14)6-11/h3-6,10H,7-9,15H2,1-2H3. The first kappa shape index (κ1) is 15.3. The average molecular weight is 287 g/mol. The predicted octanol–water partition coefficient (Wildman–Crippen LogP) is 2.38. The number of amides is 1. The molecule has 0 radical (unpaired) electrons. The van der Waals surface area contributed by atoms with E-state index in [9.17, 15) is 4.79 Å². The van der Waals surface area contributed by atoms with E-state index >= 15 is 0 Å². The smallest absolute Gasteiger partial charge is 0.232 e. The van der Waals surface area contributed by atoms with Gasteiger partial charge in [0.05, 0.1) is 5.75 Å². The van der Waals surface area contributed by atoms with Gasteiger partial charge < -0.3 is 10.6 Å². The summed E-state index contributed by atoms with van der Waals surface area (Å²) in [4.78, 5) is 13.6. The van der Waals surface area contributed by atoms with Crippen LogP contribution in [0.15, 0.2) is 24.3 Å². The molecule has 5 heteroatoms. The Hall–Kier alpha value is -0.710. The number of halogens is 1. The lowest BCUT2D eigenvalue weighted by molar-refractivity contribution is -0.127. The van der Waals surface area contributed by atoms with Gasteiger partial charge in [-0.15, -0.1) is 0 Å². The van der Waals surface area contributed by atoms with E-state index in [4.69, 9.17) is 17.3 Å². The van der Waals surface area contributed by atoms with Crippen LogP contribution >= 0.6 is 23.4 Å². The maximum absolute atomic E-state index is 11.8. The molecule has 1 aromatic carbocycles. The zero-order valence-electron chi connectivity index (χ0n) is 10.7. The van der Waals surface area contributed by atoms with Crippen molar-refractivity contribution in [2.45, 2.75) is 19.5 Å². The summed E-state index contributed by atoms with van der Waals surface area (Å²) in [7, 11) is 1.80. The molecule has 3 nitrogen and oxygen atoms in total. The third-order valence-corrected chi connectivity index (χ3v) is 3.79. The van der Waals surface area contributed by atoms with E-state index in [1.807, 2.05) is 31.2 Å². The molecule has 0 aliphatic carbocycles. The van der Waals surface area contributed by atoms with Crippen molar-refractivity contribution in [2.24, 2.45) is 5.73 Å². The summed E-state index contributed by atoms with van der Waals surface area (Å²) in [6.07, 6.45) is 0. The summed E-state index contributed by atoms with van der Waals surface area (Å²) in [5.74, 6) is 1.38. The molecule has 0 aliphatic rings. The number of carbonyl (C=O) groups is 1. The number of carbonyl (C=O) groups excluding carboxylic acids is 1. The maximum atomic E-state index is 11.8. The van der Waals surface area contributed by atoms with Gasteiger partial charge in [0.1, 0.15) is 0 Å². The van der Waals surface area contributed by atoms with E-state index in [2.05, 4.69) is 0 Å². The molecule has 0 spiro atoms. The first-order chi connectivity index (χ1) is 8.49. The van der Waals surface area contributed by atoms with Gasteiger partial charge in [-0.25, -0.2) is 0 Å². The number of benzene rings is 1. The minimum Gasteiger partial charge on any atom is -0.341 e. The Labute approximate surface area is 118 Å². The molecule has 0 aromatic heterocycles. The average Bonchev–Trinajstić information content (AvgIpc) is 2.28. The van der Waals surface area contributed by atoms with E-state index in [1.54, 1.807) is 23.7 Å². The van der Waals surface area contributed by atoms with Gasteiger partial charge >= 0.3 is 0 Å². The highest BCUT2D eigenvalue weighted by atomic mass is 35.5. The number of hydrogen-bond donors (Lipinski definition) is 1. The molecule has 1 rings (SSSR count). The predicted molar refractivity (Wildman–Crippen MR) is 78.9 cm³/mol. The van der Waals surface area contributed by atoms with Crippen LogP contribution in [0.3, 0.4) is 0 Å². The Morgan fingerprint density at radius 3 is 2.89 bits per heavy atom. The number of hydrogen-bond acceptors (Lipinski definition) is 3. The summed E-state index contributed by atoms with van der Waals surface area (Å²) in [5, 5.41) is 0.694. The van der Waals surface area contributed by atoms with Gasteiger partial charge in [-0.2, -0.15) is 11.8 Å². The molecule has 0 aliphatic heterocycles. The van der Waals surface area contributed by atoms with Crippen LogP contribution in [0, 0.1) is 0 Å². The molecule has 18 heavy (non-hydrogen) atoms. The van der Waals surface area contributed by atoms with Crippen molar-refractivity contribution in [3.05, 3.63) is 34.9 Å². The molecular weight excluding hydrogens is 268 g/mol. The minimum absolute atomic E-state index is 0.112. The van der Waals surface area contributed by atoms with Gasteiger partial charge in [0, 0.05) is 30.4 Å². The second-order valence-electron chi connectivity index (χ2n) is 4.37. The molecule has 1 atom stereocenters. The van der Waals surface area contributed by atoms with Crippen molar-refractivity contribution < 1.29 is 4.79 Å². The van der Waals surface area contributed by atoms with E-state index in [1.165, 1.54) is 0 Å². The zero-order valence-corrected chi connectivity index (χ0v) is 12.3. The van der Waals surface area contributed by atoms with Gasteiger partial charge in [-0.1, -0.05) is 23.7 Å². The van der Waals surface area contributed by atoms with Gasteiger partial charge in [0.25, 0.3) is 0 Å². The van der Waals surface area contributed by atoms with Crippen LogP contribution in [0.4, 0.5) is 0 Å². The summed E-state index contributed by atoms with van der Waals surface area (Å²) in [6, 6.07) is 7.68. The maximum Gasteiger partial charge on any atom is 0.232 e. The highest BCUT2D eigenvalue weighted by Gasteiger charge is 2.09. The summed E-state index contributed by atoms with van der Waals surface area (Å²) >= 11 is 7.47. The molecule has 1 aromatic rings. The van der Waals surface area contributed by atoms with Crippen molar-refractivity contribution >= 4 is 29.3 Å². The molecule has 0 heterocycles. The third kappa shape index (κ3) is 5.76. The Morgan fingerprint density at radius 2 is 2.28 bits per heavy atom. The van der Waals surface area contributed by atoms with Crippen LogP contribution in [0.1, 0.15) is 12.5 Å². The summed E-state index contributed by atoms with van der Waals surface area (Å²) in [6.45, 7) is 2.52. The molecule has 0 bridgehead atoms. The molecule has 1 unspecified atom stereocenters. The molecule has 1 amide bonds. The largest absolute Gasteiger partial charge is 0.341 e. The van der Waals surface area contributed by atoms with Crippen molar-refractivity contribution in [2.75, 3.05) is 18.6 Å². The molecule has 0 saturated heterocycles. The molecular formula is C13H19ClN2OS. The van der Waals surface area contributed by atoms with E-state index < -0.39 is 0 Å². The van der Waals surface area contributed by atoms with E-state index in [0.29, 0.717) is 17.3 Å². The van der Waals surface area contributed by atoms with Crippen molar-refractivity contribution in [3.8, 4) is 0 Å². The first-order valence-corrected chi connectivity index (χ1v) is 7.34. The molecule has 100 valence electrons. The van der Waals surface area contributed by atoms with Crippen LogP contribution in [0.5, 0.6) is 0 Å². The SMILES string of the molecule is CC(N)CSCC(=O)N(C)Cc1cccc(Cl)c1. The van der Waals surface area contributed by atoms with E-state index in [0.717, 1.165) is 11.3 Å².